The molecule has 1 unspecified atom stereocenters. The number of aryl methyl sites for hydroxylation is 2. The summed E-state index contributed by atoms with van der Waals surface area (Å²) >= 11 is 0. The van der Waals surface area contributed by atoms with E-state index in [0.717, 1.165) is 26.2 Å². The zero-order valence-electron chi connectivity index (χ0n) is 13.2. The van der Waals surface area contributed by atoms with Crippen molar-refractivity contribution in [2.24, 2.45) is 5.92 Å². The quantitative estimate of drug-likeness (QED) is 0.887. The number of nitrogens with one attached hydrogen (secondary N) is 1. The van der Waals surface area contributed by atoms with E-state index in [2.05, 4.69) is 37.9 Å². The van der Waals surface area contributed by atoms with Crippen molar-refractivity contribution < 1.29 is 5.11 Å². The second-order valence-electron chi connectivity index (χ2n) is 6.11. The van der Waals surface area contributed by atoms with Crippen LogP contribution >= 0.6 is 0 Å². The molecule has 0 spiro atoms. The van der Waals surface area contributed by atoms with Gasteiger partial charge in [0.05, 0.1) is 0 Å². The average Bonchev–Trinajstić information content (AvgIpc) is 2.42. The third-order valence-electron chi connectivity index (χ3n) is 4.60. The molecule has 1 aromatic carbocycles. The van der Waals surface area contributed by atoms with Crippen LogP contribution in [0, 0.1) is 19.8 Å². The molecule has 2 atom stereocenters. The summed E-state index contributed by atoms with van der Waals surface area (Å²) < 4.78 is 0. The minimum Gasteiger partial charge on any atom is -0.508 e. The summed E-state index contributed by atoms with van der Waals surface area (Å²) in [5, 5.41) is 13.2. The van der Waals surface area contributed by atoms with Gasteiger partial charge in [0.15, 0.2) is 0 Å². The molecule has 1 aliphatic heterocycles. The van der Waals surface area contributed by atoms with Crippen molar-refractivity contribution in [3.8, 4) is 5.75 Å². The van der Waals surface area contributed by atoms with Crippen molar-refractivity contribution in [2.75, 3.05) is 26.2 Å². The Morgan fingerprint density at radius 1 is 1.20 bits per heavy atom. The Morgan fingerprint density at radius 3 is 2.25 bits per heavy atom. The van der Waals surface area contributed by atoms with Gasteiger partial charge in [0.1, 0.15) is 5.75 Å². The number of piperazine rings is 1. The normalized spacial score (nSPS) is 19.8. The Labute approximate surface area is 123 Å². The molecule has 0 aromatic heterocycles. The summed E-state index contributed by atoms with van der Waals surface area (Å²) in [6.45, 7) is 13.2. The van der Waals surface area contributed by atoms with E-state index in [1.54, 1.807) is 0 Å². The van der Waals surface area contributed by atoms with Gasteiger partial charge < -0.3 is 10.4 Å². The van der Waals surface area contributed by atoms with Gasteiger partial charge in [-0.15, -0.1) is 0 Å². The fraction of sp³-hybridized carbons (Fsp3) is 0.647. The minimum absolute atomic E-state index is 0.381. The molecule has 1 heterocycles. The lowest BCUT2D eigenvalue weighted by atomic mass is 9.85. The maximum atomic E-state index is 9.78. The van der Waals surface area contributed by atoms with Gasteiger partial charge in [-0.1, -0.05) is 20.3 Å². The number of nitrogens with zero attached hydrogens (tertiary/aromatic N) is 1. The van der Waals surface area contributed by atoms with Crippen LogP contribution in [-0.2, 0) is 0 Å². The first-order valence-electron chi connectivity index (χ1n) is 7.79. The summed E-state index contributed by atoms with van der Waals surface area (Å²) in [7, 11) is 0. The van der Waals surface area contributed by atoms with Crippen LogP contribution in [-0.4, -0.2) is 36.2 Å². The predicted octanol–water partition coefficient (Wildman–Crippen LogP) is 3.00. The van der Waals surface area contributed by atoms with Gasteiger partial charge in [0, 0.05) is 32.2 Å². The van der Waals surface area contributed by atoms with E-state index in [0.29, 0.717) is 17.7 Å². The molecule has 112 valence electrons. The van der Waals surface area contributed by atoms with Crippen molar-refractivity contribution in [2.45, 2.75) is 40.2 Å². The maximum absolute atomic E-state index is 9.78. The van der Waals surface area contributed by atoms with Crippen LogP contribution in [0.25, 0.3) is 0 Å². The van der Waals surface area contributed by atoms with Gasteiger partial charge in [-0.3, -0.25) is 4.90 Å². The molecule has 2 N–H and O–H groups in total. The van der Waals surface area contributed by atoms with Crippen molar-refractivity contribution in [3.05, 3.63) is 28.8 Å². The molecule has 1 aliphatic rings. The fourth-order valence-electron chi connectivity index (χ4n) is 3.43. The molecule has 20 heavy (non-hydrogen) atoms. The van der Waals surface area contributed by atoms with Crippen LogP contribution in [0.2, 0.25) is 0 Å². The zero-order valence-corrected chi connectivity index (χ0v) is 13.2. The van der Waals surface area contributed by atoms with Gasteiger partial charge in [0.25, 0.3) is 0 Å². The largest absolute Gasteiger partial charge is 0.508 e. The molecule has 2 rings (SSSR count). The average molecular weight is 276 g/mol. The first kappa shape index (κ1) is 15.3. The van der Waals surface area contributed by atoms with Crippen LogP contribution in [0.4, 0.5) is 0 Å². The molecule has 0 bridgehead atoms. The number of hydrogen-bond donors (Lipinski definition) is 2. The third kappa shape index (κ3) is 3.15. The second kappa shape index (κ2) is 6.59. The Hall–Kier alpha value is -1.06. The molecule has 0 saturated carbocycles. The fourth-order valence-corrected chi connectivity index (χ4v) is 3.43. The molecule has 1 saturated heterocycles. The monoisotopic (exact) mass is 276 g/mol. The van der Waals surface area contributed by atoms with Crippen molar-refractivity contribution in [1.82, 2.24) is 10.2 Å². The second-order valence-corrected chi connectivity index (χ2v) is 6.11. The summed E-state index contributed by atoms with van der Waals surface area (Å²) in [6.07, 6.45) is 1.17. The van der Waals surface area contributed by atoms with E-state index in [4.69, 9.17) is 0 Å². The van der Waals surface area contributed by atoms with Crippen molar-refractivity contribution in [3.63, 3.8) is 0 Å². The van der Waals surface area contributed by atoms with Gasteiger partial charge in [-0.2, -0.15) is 0 Å². The van der Waals surface area contributed by atoms with Crippen molar-refractivity contribution >= 4 is 0 Å². The molecular weight excluding hydrogens is 248 g/mol. The Morgan fingerprint density at radius 2 is 1.75 bits per heavy atom. The van der Waals surface area contributed by atoms with Gasteiger partial charge in [-0.05, 0) is 48.6 Å². The number of rotatable bonds is 4. The summed E-state index contributed by atoms with van der Waals surface area (Å²) in [5.41, 5.74) is 3.84. The number of benzene rings is 1. The Kier molecular flexibility index (Phi) is 5.06. The van der Waals surface area contributed by atoms with Crippen LogP contribution in [0.15, 0.2) is 12.1 Å². The molecule has 3 heteroatoms. The van der Waals surface area contributed by atoms with Gasteiger partial charge in [0.2, 0.25) is 0 Å². The zero-order chi connectivity index (χ0) is 14.7. The first-order valence-corrected chi connectivity index (χ1v) is 7.79. The number of hydrogen-bond acceptors (Lipinski definition) is 3. The highest BCUT2D eigenvalue weighted by Gasteiger charge is 2.28. The van der Waals surface area contributed by atoms with Crippen LogP contribution in [0.5, 0.6) is 5.75 Å². The standard InChI is InChI=1S/C17H28N2O/c1-5-12(2)17(19-8-6-18-7-9-19)16-13(3)10-15(20)11-14(16)4/h10-12,17-18,20H,5-9H2,1-4H3/t12?,17-/m1/s1. The molecule has 0 aliphatic carbocycles. The lowest BCUT2D eigenvalue weighted by Gasteiger charge is -2.40. The third-order valence-corrected chi connectivity index (χ3v) is 4.60. The van der Waals surface area contributed by atoms with Crippen LogP contribution < -0.4 is 5.32 Å². The SMILES string of the molecule is CCC(C)[C@H](c1c(C)cc(O)cc1C)N1CCNCC1. The number of aromatic hydroxyl groups is 1. The summed E-state index contributed by atoms with van der Waals surface area (Å²) in [5.74, 6) is 1.00. The lowest BCUT2D eigenvalue weighted by Crippen LogP contribution is -2.47. The van der Waals surface area contributed by atoms with Crippen LogP contribution in [0.1, 0.15) is 43.0 Å². The molecule has 1 aromatic rings. The van der Waals surface area contributed by atoms with Crippen molar-refractivity contribution in [1.29, 1.82) is 0 Å². The summed E-state index contributed by atoms with van der Waals surface area (Å²) in [6, 6.07) is 4.27. The topological polar surface area (TPSA) is 35.5 Å². The first-order chi connectivity index (χ1) is 9.54. The highest BCUT2D eigenvalue weighted by atomic mass is 16.3. The van der Waals surface area contributed by atoms with E-state index in [9.17, 15) is 5.11 Å². The summed E-state index contributed by atoms with van der Waals surface area (Å²) in [4.78, 5) is 2.61. The van der Waals surface area contributed by atoms with E-state index in [1.165, 1.54) is 23.1 Å². The predicted molar refractivity (Wildman–Crippen MR) is 84.2 cm³/mol. The number of phenolic OH excluding ortho intramolecular Hbond substituents is 1. The van der Waals surface area contributed by atoms with E-state index >= 15 is 0 Å². The van der Waals surface area contributed by atoms with E-state index < -0.39 is 0 Å². The molecule has 3 nitrogen and oxygen atoms in total. The minimum atomic E-state index is 0.381. The number of phenols is 1. The highest BCUT2D eigenvalue weighted by molar-refractivity contribution is 5.42. The van der Waals surface area contributed by atoms with E-state index in [1.807, 2.05) is 12.1 Å². The van der Waals surface area contributed by atoms with Gasteiger partial charge >= 0.3 is 0 Å². The maximum Gasteiger partial charge on any atom is 0.116 e. The Bertz CT molecular complexity index is 429. The smallest absolute Gasteiger partial charge is 0.116 e. The molecule has 0 amide bonds. The molecular formula is C17H28N2O. The lowest BCUT2D eigenvalue weighted by molar-refractivity contribution is 0.127. The van der Waals surface area contributed by atoms with Crippen LogP contribution in [0.3, 0.4) is 0 Å². The molecule has 1 fully saturated rings. The Balaban J connectivity index is 2.40. The van der Waals surface area contributed by atoms with E-state index in [-0.39, 0.29) is 0 Å². The van der Waals surface area contributed by atoms with Gasteiger partial charge in [-0.25, -0.2) is 0 Å². The highest BCUT2D eigenvalue weighted by Crippen LogP contribution is 2.36. The molecule has 0 radical (unpaired) electrons.